The molecule has 0 saturated carbocycles. The van der Waals surface area contributed by atoms with Crippen molar-refractivity contribution < 1.29 is 4.39 Å². The van der Waals surface area contributed by atoms with Crippen LogP contribution in [0.5, 0.6) is 0 Å². The van der Waals surface area contributed by atoms with Gasteiger partial charge in [-0.25, -0.2) is 9.37 Å². The summed E-state index contributed by atoms with van der Waals surface area (Å²) in [4.78, 5) is 4.52. The first-order valence-electron chi connectivity index (χ1n) is 6.67. The molecule has 1 N–H and O–H groups in total. The SMILES string of the molecule is Fc1ccc2nc(NC3Cc4ccccc4C3)sc2c1. The van der Waals surface area contributed by atoms with E-state index in [1.54, 1.807) is 12.1 Å². The third-order valence-electron chi connectivity index (χ3n) is 3.73. The molecule has 1 aromatic heterocycles. The molecule has 0 bridgehead atoms. The number of hydrogen-bond donors (Lipinski definition) is 1. The summed E-state index contributed by atoms with van der Waals surface area (Å²) < 4.78 is 14.1. The number of thiazole rings is 1. The van der Waals surface area contributed by atoms with Crippen molar-refractivity contribution in [2.75, 3.05) is 5.32 Å². The van der Waals surface area contributed by atoms with E-state index in [0.29, 0.717) is 6.04 Å². The molecule has 4 heteroatoms. The Kier molecular flexibility index (Phi) is 2.70. The van der Waals surface area contributed by atoms with Gasteiger partial charge in [-0.3, -0.25) is 0 Å². The number of rotatable bonds is 2. The number of benzene rings is 2. The highest BCUT2D eigenvalue weighted by Crippen LogP contribution is 2.29. The molecule has 100 valence electrons. The summed E-state index contributed by atoms with van der Waals surface area (Å²) in [7, 11) is 0. The molecule has 0 spiro atoms. The van der Waals surface area contributed by atoms with Gasteiger partial charge >= 0.3 is 0 Å². The van der Waals surface area contributed by atoms with Gasteiger partial charge in [-0.15, -0.1) is 0 Å². The molecule has 2 nitrogen and oxygen atoms in total. The standard InChI is InChI=1S/C16H13FN2S/c17-12-5-6-14-15(9-12)20-16(19-14)18-13-7-10-3-1-2-4-11(10)8-13/h1-6,9,13H,7-8H2,(H,18,19). The van der Waals surface area contributed by atoms with Gasteiger partial charge in [0.25, 0.3) is 0 Å². The van der Waals surface area contributed by atoms with E-state index in [1.165, 1.54) is 28.5 Å². The molecule has 2 aromatic carbocycles. The van der Waals surface area contributed by atoms with Crippen LogP contribution in [-0.4, -0.2) is 11.0 Å². The van der Waals surface area contributed by atoms with Crippen LogP contribution in [0, 0.1) is 5.82 Å². The summed E-state index contributed by atoms with van der Waals surface area (Å²) in [5.41, 5.74) is 3.68. The highest BCUT2D eigenvalue weighted by molar-refractivity contribution is 7.22. The monoisotopic (exact) mass is 284 g/mol. The van der Waals surface area contributed by atoms with Crippen molar-refractivity contribution in [1.29, 1.82) is 0 Å². The lowest BCUT2D eigenvalue weighted by atomic mass is 10.1. The smallest absolute Gasteiger partial charge is 0.184 e. The highest BCUT2D eigenvalue weighted by atomic mass is 32.1. The highest BCUT2D eigenvalue weighted by Gasteiger charge is 2.21. The van der Waals surface area contributed by atoms with Crippen LogP contribution in [0.4, 0.5) is 9.52 Å². The van der Waals surface area contributed by atoms with Gasteiger partial charge in [-0.1, -0.05) is 35.6 Å². The zero-order chi connectivity index (χ0) is 13.5. The van der Waals surface area contributed by atoms with Gasteiger partial charge in [0.1, 0.15) is 5.82 Å². The quantitative estimate of drug-likeness (QED) is 0.769. The Balaban J connectivity index is 1.57. The van der Waals surface area contributed by atoms with Gasteiger partial charge in [0.15, 0.2) is 5.13 Å². The summed E-state index contributed by atoms with van der Waals surface area (Å²) in [6.45, 7) is 0. The summed E-state index contributed by atoms with van der Waals surface area (Å²) in [6.07, 6.45) is 2.06. The summed E-state index contributed by atoms with van der Waals surface area (Å²) in [5, 5.41) is 4.36. The Labute approximate surface area is 120 Å². The zero-order valence-electron chi connectivity index (χ0n) is 10.8. The Morgan fingerprint density at radius 1 is 1.10 bits per heavy atom. The van der Waals surface area contributed by atoms with E-state index in [2.05, 4.69) is 34.6 Å². The molecule has 3 aromatic rings. The first kappa shape index (κ1) is 11.9. The molecule has 0 fully saturated rings. The van der Waals surface area contributed by atoms with Crippen LogP contribution in [0.15, 0.2) is 42.5 Å². The molecule has 0 saturated heterocycles. The molecule has 1 aliphatic carbocycles. The average Bonchev–Trinajstić information content (AvgIpc) is 3.00. The minimum absolute atomic E-state index is 0.207. The van der Waals surface area contributed by atoms with Crippen LogP contribution in [0.25, 0.3) is 10.2 Å². The number of aromatic nitrogens is 1. The first-order valence-corrected chi connectivity index (χ1v) is 7.49. The molecule has 0 radical (unpaired) electrons. The van der Waals surface area contributed by atoms with Crippen LogP contribution in [-0.2, 0) is 12.8 Å². The van der Waals surface area contributed by atoms with Crippen LogP contribution in [0.2, 0.25) is 0 Å². The number of nitrogens with one attached hydrogen (secondary N) is 1. The maximum atomic E-state index is 13.2. The van der Waals surface area contributed by atoms with Crippen LogP contribution < -0.4 is 5.32 Å². The second-order valence-electron chi connectivity index (χ2n) is 5.15. The molecule has 0 atom stereocenters. The third kappa shape index (κ3) is 2.06. The normalized spacial score (nSPS) is 14.7. The Morgan fingerprint density at radius 3 is 2.60 bits per heavy atom. The van der Waals surface area contributed by atoms with Crippen molar-refractivity contribution in [2.45, 2.75) is 18.9 Å². The minimum atomic E-state index is -0.207. The van der Waals surface area contributed by atoms with Gasteiger partial charge in [0, 0.05) is 6.04 Å². The fourth-order valence-corrected chi connectivity index (χ4v) is 3.76. The fourth-order valence-electron chi connectivity index (χ4n) is 2.80. The van der Waals surface area contributed by atoms with Gasteiger partial charge in [-0.2, -0.15) is 0 Å². The van der Waals surface area contributed by atoms with Crippen molar-refractivity contribution in [3.63, 3.8) is 0 Å². The number of halogens is 1. The predicted octanol–water partition coefficient (Wildman–Crippen LogP) is 4.01. The van der Waals surface area contributed by atoms with Crippen molar-refractivity contribution in [1.82, 2.24) is 4.98 Å². The van der Waals surface area contributed by atoms with Gasteiger partial charge in [-0.05, 0) is 42.2 Å². The third-order valence-corrected chi connectivity index (χ3v) is 4.68. The number of fused-ring (bicyclic) bond motifs is 2. The van der Waals surface area contributed by atoms with Crippen LogP contribution in [0.1, 0.15) is 11.1 Å². The van der Waals surface area contributed by atoms with Crippen molar-refractivity contribution >= 4 is 26.7 Å². The lowest BCUT2D eigenvalue weighted by Gasteiger charge is -2.09. The average molecular weight is 284 g/mol. The molecule has 20 heavy (non-hydrogen) atoms. The van der Waals surface area contributed by atoms with Crippen LogP contribution >= 0.6 is 11.3 Å². The Morgan fingerprint density at radius 2 is 1.85 bits per heavy atom. The Bertz CT molecular complexity index is 756. The minimum Gasteiger partial charge on any atom is -0.358 e. The van der Waals surface area contributed by atoms with Crippen molar-refractivity contribution in [2.24, 2.45) is 0 Å². The van der Waals surface area contributed by atoms with E-state index in [-0.39, 0.29) is 5.82 Å². The molecule has 0 amide bonds. The van der Waals surface area contributed by atoms with Gasteiger partial charge < -0.3 is 5.32 Å². The fraction of sp³-hybridized carbons (Fsp3) is 0.188. The zero-order valence-corrected chi connectivity index (χ0v) is 11.6. The lowest BCUT2D eigenvalue weighted by molar-refractivity contribution is 0.630. The van der Waals surface area contributed by atoms with Crippen molar-refractivity contribution in [3.05, 3.63) is 59.4 Å². The second kappa shape index (κ2) is 4.56. The number of nitrogens with zero attached hydrogens (tertiary/aromatic N) is 1. The number of hydrogen-bond acceptors (Lipinski definition) is 3. The molecule has 1 heterocycles. The van der Waals surface area contributed by atoms with E-state index < -0.39 is 0 Å². The molecule has 0 aliphatic heterocycles. The molecular formula is C16H13FN2S. The van der Waals surface area contributed by atoms with Crippen molar-refractivity contribution in [3.8, 4) is 0 Å². The van der Waals surface area contributed by atoms with E-state index in [0.717, 1.165) is 28.2 Å². The summed E-state index contributed by atoms with van der Waals surface area (Å²) >= 11 is 1.51. The lowest BCUT2D eigenvalue weighted by Crippen LogP contribution is -2.19. The van der Waals surface area contributed by atoms with Gasteiger partial charge in [0.05, 0.1) is 10.2 Å². The maximum Gasteiger partial charge on any atom is 0.184 e. The Hall–Kier alpha value is -1.94. The van der Waals surface area contributed by atoms with E-state index in [4.69, 9.17) is 0 Å². The first-order chi connectivity index (χ1) is 9.78. The van der Waals surface area contributed by atoms with E-state index in [9.17, 15) is 4.39 Å². The summed E-state index contributed by atoms with van der Waals surface area (Å²) in [5.74, 6) is -0.207. The second-order valence-corrected chi connectivity index (χ2v) is 6.18. The van der Waals surface area contributed by atoms with Crippen LogP contribution in [0.3, 0.4) is 0 Å². The van der Waals surface area contributed by atoms with E-state index in [1.807, 2.05) is 0 Å². The maximum absolute atomic E-state index is 13.2. The topological polar surface area (TPSA) is 24.9 Å². The van der Waals surface area contributed by atoms with Gasteiger partial charge in [0.2, 0.25) is 0 Å². The predicted molar refractivity (Wildman–Crippen MR) is 80.8 cm³/mol. The molecule has 0 unspecified atom stereocenters. The number of anilines is 1. The van der Waals surface area contributed by atoms with E-state index >= 15 is 0 Å². The summed E-state index contributed by atoms with van der Waals surface area (Å²) in [6, 6.07) is 13.7. The molecular weight excluding hydrogens is 271 g/mol. The molecule has 4 rings (SSSR count). The largest absolute Gasteiger partial charge is 0.358 e. The molecule has 1 aliphatic rings.